The van der Waals surface area contributed by atoms with E-state index < -0.39 is 0 Å². The second kappa shape index (κ2) is 7.51. The summed E-state index contributed by atoms with van der Waals surface area (Å²) in [6.07, 6.45) is 20.0. The molecule has 3 saturated carbocycles. The molecule has 122 valence electrons. The summed E-state index contributed by atoms with van der Waals surface area (Å²) in [6, 6.07) is 0. The average Bonchev–Trinajstić information content (AvgIpc) is 2.87. The molecule has 0 bridgehead atoms. The average molecular weight is 291 g/mol. The molecule has 0 saturated heterocycles. The topological polar surface area (TPSA) is 0 Å². The van der Waals surface area contributed by atoms with Gasteiger partial charge < -0.3 is 0 Å². The molecular weight excluding hydrogens is 252 g/mol. The van der Waals surface area contributed by atoms with E-state index in [4.69, 9.17) is 0 Å². The molecule has 0 N–H and O–H groups in total. The Morgan fingerprint density at radius 3 is 2.29 bits per heavy atom. The van der Waals surface area contributed by atoms with Crippen molar-refractivity contribution in [3.05, 3.63) is 0 Å². The van der Waals surface area contributed by atoms with Gasteiger partial charge in [0.25, 0.3) is 0 Å². The van der Waals surface area contributed by atoms with Crippen molar-refractivity contribution in [3.8, 4) is 0 Å². The van der Waals surface area contributed by atoms with Crippen molar-refractivity contribution in [3.63, 3.8) is 0 Å². The first kappa shape index (κ1) is 15.9. The Bertz CT molecular complexity index is 301. The van der Waals surface area contributed by atoms with E-state index in [2.05, 4.69) is 13.8 Å². The Morgan fingerprint density at radius 2 is 1.52 bits per heavy atom. The fourth-order valence-corrected chi connectivity index (χ4v) is 6.15. The van der Waals surface area contributed by atoms with Gasteiger partial charge in [-0.05, 0) is 61.2 Å². The maximum Gasteiger partial charge on any atom is -0.0357 e. The van der Waals surface area contributed by atoms with Crippen molar-refractivity contribution in [1.29, 1.82) is 0 Å². The Hall–Kier alpha value is 0. The number of hydrogen-bond donors (Lipinski definition) is 0. The molecule has 3 fully saturated rings. The largest absolute Gasteiger partial charge is 0.0625 e. The van der Waals surface area contributed by atoms with Gasteiger partial charge in [0.15, 0.2) is 0 Å². The van der Waals surface area contributed by atoms with Crippen molar-refractivity contribution in [2.24, 2.45) is 35.5 Å². The third kappa shape index (κ3) is 4.05. The van der Waals surface area contributed by atoms with E-state index >= 15 is 0 Å². The van der Waals surface area contributed by atoms with Gasteiger partial charge in [0.2, 0.25) is 0 Å². The van der Waals surface area contributed by atoms with Gasteiger partial charge in [-0.3, -0.25) is 0 Å². The molecule has 0 radical (unpaired) electrons. The summed E-state index contributed by atoms with van der Waals surface area (Å²) < 4.78 is 0. The summed E-state index contributed by atoms with van der Waals surface area (Å²) in [5.74, 6) is 6.39. The molecule has 21 heavy (non-hydrogen) atoms. The highest BCUT2D eigenvalue weighted by Gasteiger charge is 2.38. The lowest BCUT2D eigenvalue weighted by Crippen LogP contribution is -2.25. The van der Waals surface area contributed by atoms with E-state index in [1.165, 1.54) is 32.1 Å². The van der Waals surface area contributed by atoms with Crippen LogP contribution in [0, 0.1) is 35.5 Å². The summed E-state index contributed by atoms with van der Waals surface area (Å²) >= 11 is 0. The Morgan fingerprint density at radius 1 is 0.714 bits per heavy atom. The monoisotopic (exact) mass is 290 g/mol. The molecule has 3 aliphatic rings. The van der Waals surface area contributed by atoms with Crippen LogP contribution >= 0.6 is 0 Å². The van der Waals surface area contributed by atoms with Gasteiger partial charge in [0, 0.05) is 0 Å². The van der Waals surface area contributed by atoms with Gasteiger partial charge in [-0.2, -0.15) is 0 Å². The smallest absolute Gasteiger partial charge is 0.0357 e. The minimum absolute atomic E-state index is 1.01. The summed E-state index contributed by atoms with van der Waals surface area (Å²) in [4.78, 5) is 0. The molecule has 0 heteroatoms. The van der Waals surface area contributed by atoms with Crippen LogP contribution in [0.4, 0.5) is 0 Å². The van der Waals surface area contributed by atoms with Crippen molar-refractivity contribution in [2.75, 3.05) is 0 Å². The van der Waals surface area contributed by atoms with Gasteiger partial charge in [0.1, 0.15) is 0 Å². The van der Waals surface area contributed by atoms with Crippen LogP contribution < -0.4 is 0 Å². The van der Waals surface area contributed by atoms with E-state index in [9.17, 15) is 0 Å². The summed E-state index contributed by atoms with van der Waals surface area (Å²) in [7, 11) is 0. The van der Waals surface area contributed by atoms with Crippen LogP contribution in [0.25, 0.3) is 0 Å². The van der Waals surface area contributed by atoms with Crippen LogP contribution in [0.3, 0.4) is 0 Å². The minimum atomic E-state index is 1.01. The molecule has 0 aliphatic heterocycles. The number of hydrogen-bond acceptors (Lipinski definition) is 0. The third-order valence-electron chi connectivity index (χ3n) is 7.54. The highest BCUT2D eigenvalue weighted by molar-refractivity contribution is 4.88. The first-order valence-corrected chi connectivity index (χ1v) is 10.2. The molecule has 5 unspecified atom stereocenters. The molecule has 0 aromatic rings. The van der Waals surface area contributed by atoms with Crippen LogP contribution in [-0.2, 0) is 0 Å². The fraction of sp³-hybridized carbons (Fsp3) is 1.00. The van der Waals surface area contributed by atoms with Crippen LogP contribution in [0.5, 0.6) is 0 Å². The van der Waals surface area contributed by atoms with E-state index in [0.29, 0.717) is 0 Å². The lowest BCUT2D eigenvalue weighted by molar-refractivity contribution is 0.159. The van der Waals surface area contributed by atoms with Crippen LogP contribution in [-0.4, -0.2) is 0 Å². The summed E-state index contributed by atoms with van der Waals surface area (Å²) in [6.45, 7) is 5.11. The Kier molecular flexibility index (Phi) is 5.68. The normalized spacial score (nSPS) is 42.3. The highest BCUT2D eigenvalue weighted by atomic mass is 14.4. The zero-order valence-corrected chi connectivity index (χ0v) is 14.7. The zero-order valence-electron chi connectivity index (χ0n) is 14.7. The second-order valence-corrected chi connectivity index (χ2v) is 8.97. The van der Waals surface area contributed by atoms with Gasteiger partial charge in [0.05, 0.1) is 0 Å². The maximum absolute atomic E-state index is 2.61. The van der Waals surface area contributed by atoms with E-state index in [-0.39, 0.29) is 0 Å². The van der Waals surface area contributed by atoms with E-state index in [1.807, 2.05) is 0 Å². The molecule has 0 aromatic heterocycles. The molecule has 0 nitrogen and oxygen atoms in total. The standard InChI is InChI=1S/C21H38/c1-16-7-6-10-20(15-16)21-14-13-19(17(21)2)12-11-18-8-4-3-5-9-18/h16-21H,3-15H2,1-2H3. The van der Waals surface area contributed by atoms with Crippen LogP contribution in [0.1, 0.15) is 97.3 Å². The van der Waals surface area contributed by atoms with Crippen molar-refractivity contribution >= 4 is 0 Å². The van der Waals surface area contributed by atoms with Crippen molar-refractivity contribution in [2.45, 2.75) is 97.3 Å². The van der Waals surface area contributed by atoms with Crippen molar-refractivity contribution < 1.29 is 0 Å². The predicted octanol–water partition coefficient (Wildman–Crippen LogP) is 6.84. The number of rotatable bonds is 4. The van der Waals surface area contributed by atoms with Gasteiger partial charge >= 0.3 is 0 Å². The molecule has 0 spiro atoms. The van der Waals surface area contributed by atoms with Gasteiger partial charge in [-0.1, -0.05) is 71.6 Å². The van der Waals surface area contributed by atoms with E-state index in [0.717, 1.165) is 35.5 Å². The summed E-state index contributed by atoms with van der Waals surface area (Å²) in [5.41, 5.74) is 0. The van der Waals surface area contributed by atoms with Gasteiger partial charge in [-0.25, -0.2) is 0 Å². The lowest BCUT2D eigenvalue weighted by atomic mass is 9.71. The molecule has 5 atom stereocenters. The lowest BCUT2D eigenvalue weighted by Gasteiger charge is -2.34. The third-order valence-corrected chi connectivity index (χ3v) is 7.54. The SMILES string of the molecule is CC1CCCC(C2CCC(CCC3CCCCC3)C2C)C1. The zero-order chi connectivity index (χ0) is 14.7. The first-order chi connectivity index (χ1) is 10.2. The predicted molar refractivity (Wildman–Crippen MR) is 92.3 cm³/mol. The Balaban J connectivity index is 1.45. The quantitative estimate of drug-likeness (QED) is 0.532. The fourth-order valence-electron chi connectivity index (χ4n) is 6.15. The first-order valence-electron chi connectivity index (χ1n) is 10.2. The molecule has 3 rings (SSSR count). The molecule has 0 heterocycles. The maximum atomic E-state index is 2.61. The van der Waals surface area contributed by atoms with Gasteiger partial charge in [-0.15, -0.1) is 0 Å². The van der Waals surface area contributed by atoms with Crippen LogP contribution in [0.15, 0.2) is 0 Å². The molecular formula is C21H38. The van der Waals surface area contributed by atoms with Crippen molar-refractivity contribution in [1.82, 2.24) is 0 Å². The minimum Gasteiger partial charge on any atom is -0.0625 e. The molecule has 3 aliphatic carbocycles. The molecule has 0 amide bonds. The molecule has 0 aromatic carbocycles. The van der Waals surface area contributed by atoms with Crippen LogP contribution in [0.2, 0.25) is 0 Å². The highest BCUT2D eigenvalue weighted by Crippen LogP contribution is 2.48. The van der Waals surface area contributed by atoms with E-state index in [1.54, 1.807) is 51.4 Å². The second-order valence-electron chi connectivity index (χ2n) is 8.97. The Labute approximate surface area is 133 Å². The summed E-state index contributed by atoms with van der Waals surface area (Å²) in [5, 5.41) is 0.